The van der Waals surface area contributed by atoms with Crippen LogP contribution in [0.15, 0.2) is 48.7 Å². The van der Waals surface area contributed by atoms with Crippen LogP contribution in [0.3, 0.4) is 0 Å². The molecule has 0 atom stereocenters. The maximum atomic E-state index is 12.0. The summed E-state index contributed by atoms with van der Waals surface area (Å²) in [5.74, 6) is -0.197. The molecular formula is C14H11NO2. The minimum atomic E-state index is -0.138. The molecule has 1 heterocycles. The van der Waals surface area contributed by atoms with Crippen LogP contribution in [0, 0.1) is 0 Å². The molecule has 2 aromatic rings. The molecule has 0 amide bonds. The molecule has 1 aromatic heterocycles. The third-order valence-corrected chi connectivity index (χ3v) is 2.44. The predicted molar refractivity (Wildman–Crippen MR) is 64.1 cm³/mol. The summed E-state index contributed by atoms with van der Waals surface area (Å²) in [4.78, 5) is 27.1. The number of nitrogens with zero attached hydrogens (tertiary/aromatic N) is 1. The smallest absolute Gasteiger partial charge is 0.211 e. The summed E-state index contributed by atoms with van der Waals surface area (Å²) in [6.07, 6.45) is 1.43. The van der Waals surface area contributed by atoms with Gasteiger partial charge in [-0.05, 0) is 19.1 Å². The molecule has 0 aliphatic rings. The highest BCUT2D eigenvalue weighted by atomic mass is 16.1. The average Bonchev–Trinajstić information content (AvgIpc) is 2.39. The van der Waals surface area contributed by atoms with Crippen LogP contribution in [0.5, 0.6) is 0 Å². The topological polar surface area (TPSA) is 47.0 Å². The molecule has 2 rings (SSSR count). The highest BCUT2D eigenvalue weighted by Crippen LogP contribution is 2.08. The largest absolute Gasteiger partial charge is 0.294 e. The molecule has 84 valence electrons. The van der Waals surface area contributed by atoms with Crippen molar-refractivity contribution in [2.24, 2.45) is 0 Å². The third kappa shape index (κ3) is 2.45. The van der Waals surface area contributed by atoms with Gasteiger partial charge < -0.3 is 0 Å². The number of carbonyl (C=O) groups is 2. The first-order chi connectivity index (χ1) is 8.18. The standard InChI is InChI=1S/C14H11NO2/c1-10(16)12-7-8-13(15-9-12)14(17)11-5-3-2-4-6-11/h2-9H,1H3. The quantitative estimate of drug-likeness (QED) is 0.754. The summed E-state index contributed by atoms with van der Waals surface area (Å²) in [6, 6.07) is 12.1. The van der Waals surface area contributed by atoms with Crippen LogP contribution in [0.25, 0.3) is 0 Å². The first kappa shape index (κ1) is 11.2. The summed E-state index contributed by atoms with van der Waals surface area (Å²) in [5.41, 5.74) is 1.45. The first-order valence-electron chi connectivity index (χ1n) is 5.25. The summed E-state index contributed by atoms with van der Waals surface area (Å²) in [7, 11) is 0. The molecule has 0 saturated heterocycles. The Morgan fingerprint density at radius 2 is 1.65 bits per heavy atom. The highest BCUT2D eigenvalue weighted by molar-refractivity contribution is 6.08. The fourth-order valence-corrected chi connectivity index (χ4v) is 1.47. The number of benzene rings is 1. The second-order valence-corrected chi connectivity index (χ2v) is 3.68. The molecule has 0 aliphatic carbocycles. The molecule has 0 spiro atoms. The zero-order valence-corrected chi connectivity index (χ0v) is 9.38. The molecule has 1 aromatic carbocycles. The van der Waals surface area contributed by atoms with Crippen molar-refractivity contribution in [3.05, 3.63) is 65.5 Å². The van der Waals surface area contributed by atoms with Gasteiger partial charge in [0.1, 0.15) is 5.69 Å². The minimum absolute atomic E-state index is 0.0591. The Morgan fingerprint density at radius 3 is 2.18 bits per heavy atom. The van der Waals surface area contributed by atoms with Gasteiger partial charge in [0.2, 0.25) is 5.78 Å². The fourth-order valence-electron chi connectivity index (χ4n) is 1.47. The van der Waals surface area contributed by atoms with Crippen LogP contribution in [0.2, 0.25) is 0 Å². The van der Waals surface area contributed by atoms with E-state index in [4.69, 9.17) is 0 Å². The fraction of sp³-hybridized carbons (Fsp3) is 0.0714. The Hall–Kier alpha value is -2.29. The van der Waals surface area contributed by atoms with E-state index in [-0.39, 0.29) is 11.6 Å². The van der Waals surface area contributed by atoms with Crippen molar-refractivity contribution in [3.63, 3.8) is 0 Å². The van der Waals surface area contributed by atoms with Crippen LogP contribution < -0.4 is 0 Å². The van der Waals surface area contributed by atoms with E-state index >= 15 is 0 Å². The number of hydrogen-bond acceptors (Lipinski definition) is 3. The van der Waals surface area contributed by atoms with E-state index in [0.717, 1.165) is 0 Å². The van der Waals surface area contributed by atoms with Crippen molar-refractivity contribution in [3.8, 4) is 0 Å². The molecule has 0 aliphatic heterocycles. The van der Waals surface area contributed by atoms with Gasteiger partial charge in [-0.25, -0.2) is 0 Å². The van der Waals surface area contributed by atoms with Crippen molar-refractivity contribution in [1.29, 1.82) is 0 Å². The zero-order chi connectivity index (χ0) is 12.3. The Balaban J connectivity index is 2.30. The van der Waals surface area contributed by atoms with Gasteiger partial charge in [-0.15, -0.1) is 0 Å². The molecule has 0 unspecified atom stereocenters. The number of rotatable bonds is 3. The van der Waals surface area contributed by atoms with Gasteiger partial charge in [-0.3, -0.25) is 14.6 Å². The lowest BCUT2D eigenvalue weighted by molar-refractivity contribution is 0.101. The van der Waals surface area contributed by atoms with E-state index in [0.29, 0.717) is 16.8 Å². The van der Waals surface area contributed by atoms with Gasteiger partial charge in [-0.1, -0.05) is 30.3 Å². The second-order valence-electron chi connectivity index (χ2n) is 3.68. The SMILES string of the molecule is CC(=O)c1ccc(C(=O)c2ccccc2)nc1. The number of hydrogen-bond donors (Lipinski definition) is 0. The molecule has 0 N–H and O–H groups in total. The van der Waals surface area contributed by atoms with Crippen molar-refractivity contribution in [1.82, 2.24) is 4.98 Å². The van der Waals surface area contributed by atoms with Gasteiger partial charge in [0.25, 0.3) is 0 Å². The molecule has 0 fully saturated rings. The highest BCUT2D eigenvalue weighted by Gasteiger charge is 2.10. The lowest BCUT2D eigenvalue weighted by Gasteiger charge is -2.00. The Labute approximate surface area is 99.1 Å². The van der Waals surface area contributed by atoms with Crippen LogP contribution in [0.1, 0.15) is 33.3 Å². The van der Waals surface area contributed by atoms with Gasteiger partial charge >= 0.3 is 0 Å². The minimum Gasteiger partial charge on any atom is -0.294 e. The number of pyridine rings is 1. The number of carbonyl (C=O) groups excluding carboxylic acids is 2. The van der Waals surface area contributed by atoms with Crippen LogP contribution in [-0.2, 0) is 0 Å². The third-order valence-electron chi connectivity index (χ3n) is 2.44. The van der Waals surface area contributed by atoms with E-state index in [2.05, 4.69) is 4.98 Å². The summed E-state index contributed by atoms with van der Waals surface area (Å²) in [6.45, 7) is 1.47. The van der Waals surface area contributed by atoms with E-state index in [1.807, 2.05) is 6.07 Å². The lowest BCUT2D eigenvalue weighted by Crippen LogP contribution is -2.04. The number of ketones is 2. The number of aromatic nitrogens is 1. The normalized spacial score (nSPS) is 9.94. The maximum absolute atomic E-state index is 12.0. The van der Waals surface area contributed by atoms with Gasteiger partial charge in [0, 0.05) is 17.3 Å². The van der Waals surface area contributed by atoms with Crippen molar-refractivity contribution in [2.45, 2.75) is 6.92 Å². The predicted octanol–water partition coefficient (Wildman–Crippen LogP) is 2.52. The van der Waals surface area contributed by atoms with Crippen LogP contribution in [-0.4, -0.2) is 16.6 Å². The Morgan fingerprint density at radius 1 is 0.941 bits per heavy atom. The van der Waals surface area contributed by atoms with Crippen LogP contribution in [0.4, 0.5) is 0 Å². The monoisotopic (exact) mass is 225 g/mol. The van der Waals surface area contributed by atoms with E-state index in [9.17, 15) is 9.59 Å². The Bertz CT molecular complexity index is 544. The average molecular weight is 225 g/mol. The Kier molecular flexibility index (Phi) is 3.10. The van der Waals surface area contributed by atoms with Crippen molar-refractivity contribution < 1.29 is 9.59 Å². The first-order valence-corrected chi connectivity index (χ1v) is 5.25. The number of Topliss-reactive ketones (excluding diaryl/α,β-unsaturated/α-hetero) is 1. The summed E-state index contributed by atoms with van der Waals surface area (Å²) >= 11 is 0. The molecular weight excluding hydrogens is 214 g/mol. The van der Waals surface area contributed by atoms with E-state index in [1.54, 1.807) is 36.4 Å². The molecule has 0 radical (unpaired) electrons. The van der Waals surface area contributed by atoms with Gasteiger partial charge in [0.15, 0.2) is 5.78 Å². The summed E-state index contributed by atoms with van der Waals surface area (Å²) in [5, 5.41) is 0. The van der Waals surface area contributed by atoms with E-state index in [1.165, 1.54) is 13.1 Å². The zero-order valence-electron chi connectivity index (χ0n) is 9.38. The molecule has 17 heavy (non-hydrogen) atoms. The maximum Gasteiger partial charge on any atom is 0.211 e. The molecule has 3 nitrogen and oxygen atoms in total. The van der Waals surface area contributed by atoms with Gasteiger partial charge in [0.05, 0.1) is 0 Å². The molecule has 0 bridgehead atoms. The van der Waals surface area contributed by atoms with Crippen molar-refractivity contribution >= 4 is 11.6 Å². The van der Waals surface area contributed by atoms with E-state index < -0.39 is 0 Å². The molecule has 0 saturated carbocycles. The molecule has 3 heteroatoms. The second kappa shape index (κ2) is 4.70. The summed E-state index contributed by atoms with van der Waals surface area (Å²) < 4.78 is 0. The van der Waals surface area contributed by atoms with Crippen LogP contribution >= 0.6 is 0 Å². The lowest BCUT2D eigenvalue weighted by atomic mass is 10.1. The van der Waals surface area contributed by atoms with Crippen molar-refractivity contribution in [2.75, 3.05) is 0 Å². The van der Waals surface area contributed by atoms with Gasteiger partial charge in [-0.2, -0.15) is 0 Å².